The Kier molecular flexibility index (Phi) is 4.39. The second-order valence-electron chi connectivity index (χ2n) is 5.86. The Balaban J connectivity index is 1.71. The molecule has 0 radical (unpaired) electrons. The highest BCUT2D eigenvalue weighted by molar-refractivity contribution is 5.90. The molecule has 3 rings (SSSR count). The molecule has 0 amide bonds. The fourth-order valence-corrected chi connectivity index (χ4v) is 3.16. The largest absolute Gasteiger partial charge is 0.477 e. The summed E-state index contributed by atoms with van der Waals surface area (Å²) in [5, 5.41) is 9.35. The van der Waals surface area contributed by atoms with Crippen LogP contribution in [0.4, 0.5) is 0 Å². The quantitative estimate of drug-likeness (QED) is 0.900. The smallest absolute Gasteiger partial charge is 0.341 e. The molecule has 2 heterocycles. The number of nitrogens with zero attached hydrogens (tertiary/aromatic N) is 2. The molecule has 0 unspecified atom stereocenters. The lowest BCUT2D eigenvalue weighted by Crippen LogP contribution is -2.25. The number of carboxylic acids is 1. The summed E-state index contributed by atoms with van der Waals surface area (Å²) in [4.78, 5) is 18.2. The van der Waals surface area contributed by atoms with Gasteiger partial charge in [0, 0.05) is 12.2 Å². The van der Waals surface area contributed by atoms with Crippen LogP contribution >= 0.6 is 0 Å². The van der Waals surface area contributed by atoms with Crippen LogP contribution in [0.2, 0.25) is 0 Å². The summed E-state index contributed by atoms with van der Waals surface area (Å²) < 4.78 is 5.69. The molecular formula is C16H22N2O3. The summed E-state index contributed by atoms with van der Waals surface area (Å²) >= 11 is 0. The summed E-state index contributed by atoms with van der Waals surface area (Å²) in [7, 11) is 0. The van der Waals surface area contributed by atoms with Gasteiger partial charge in [-0.3, -0.25) is 4.90 Å². The van der Waals surface area contributed by atoms with Gasteiger partial charge in [-0.25, -0.2) is 9.78 Å². The minimum absolute atomic E-state index is 0.206. The van der Waals surface area contributed by atoms with Crippen molar-refractivity contribution >= 4 is 5.97 Å². The minimum Gasteiger partial charge on any atom is -0.477 e. The standard InChI is InChI=1S/C16H22N2O3/c19-16(20)13-11-12-5-1-2-6-14(12)17-15(13)21-10-9-18-7-3-4-8-18/h11H,1-10H2,(H,19,20). The number of rotatable bonds is 5. The lowest BCUT2D eigenvalue weighted by Gasteiger charge is -2.19. The summed E-state index contributed by atoms with van der Waals surface area (Å²) in [5.41, 5.74) is 2.30. The van der Waals surface area contributed by atoms with Gasteiger partial charge in [-0.2, -0.15) is 0 Å². The van der Waals surface area contributed by atoms with Crippen molar-refractivity contribution in [3.8, 4) is 5.88 Å². The molecule has 0 atom stereocenters. The number of hydrogen-bond acceptors (Lipinski definition) is 4. The predicted molar refractivity (Wildman–Crippen MR) is 79.0 cm³/mol. The Morgan fingerprint density at radius 3 is 2.76 bits per heavy atom. The molecule has 1 aromatic rings. The molecule has 1 saturated heterocycles. The zero-order chi connectivity index (χ0) is 14.7. The topological polar surface area (TPSA) is 62.7 Å². The van der Waals surface area contributed by atoms with E-state index in [2.05, 4.69) is 9.88 Å². The van der Waals surface area contributed by atoms with Gasteiger partial charge in [0.05, 0.1) is 0 Å². The van der Waals surface area contributed by atoms with Crippen LogP contribution in [0, 0.1) is 0 Å². The molecule has 1 aliphatic heterocycles. The van der Waals surface area contributed by atoms with Crippen LogP contribution in [-0.2, 0) is 12.8 Å². The van der Waals surface area contributed by atoms with Crippen molar-refractivity contribution in [2.24, 2.45) is 0 Å². The number of aromatic carboxylic acids is 1. The highest BCUT2D eigenvalue weighted by Crippen LogP contribution is 2.26. The first-order valence-electron chi connectivity index (χ1n) is 7.85. The molecule has 2 aliphatic rings. The number of hydrogen-bond donors (Lipinski definition) is 1. The summed E-state index contributed by atoms with van der Waals surface area (Å²) in [6, 6.07) is 1.76. The van der Waals surface area contributed by atoms with Crippen molar-refractivity contribution in [1.29, 1.82) is 0 Å². The highest BCUT2D eigenvalue weighted by Gasteiger charge is 2.20. The average molecular weight is 290 g/mol. The second-order valence-corrected chi connectivity index (χ2v) is 5.86. The Hall–Kier alpha value is -1.62. The van der Waals surface area contributed by atoms with Gasteiger partial charge in [-0.1, -0.05) is 0 Å². The lowest BCUT2D eigenvalue weighted by molar-refractivity contribution is 0.0690. The van der Waals surface area contributed by atoms with E-state index in [-0.39, 0.29) is 5.56 Å². The molecule has 1 fully saturated rings. The van der Waals surface area contributed by atoms with Crippen LogP contribution < -0.4 is 4.74 Å². The van der Waals surface area contributed by atoms with E-state index in [0.717, 1.165) is 56.6 Å². The predicted octanol–water partition coefficient (Wildman–Crippen LogP) is 2.13. The molecule has 114 valence electrons. The Morgan fingerprint density at radius 2 is 2.00 bits per heavy atom. The third-order valence-electron chi connectivity index (χ3n) is 4.34. The molecule has 0 spiro atoms. The van der Waals surface area contributed by atoms with Crippen LogP contribution in [0.3, 0.4) is 0 Å². The van der Waals surface area contributed by atoms with Crippen molar-refractivity contribution in [3.63, 3.8) is 0 Å². The van der Waals surface area contributed by atoms with Crippen LogP contribution in [0.25, 0.3) is 0 Å². The van der Waals surface area contributed by atoms with E-state index in [1.165, 1.54) is 12.8 Å². The molecule has 0 bridgehead atoms. The first-order valence-corrected chi connectivity index (χ1v) is 7.85. The molecule has 5 heteroatoms. The second kappa shape index (κ2) is 6.43. The maximum Gasteiger partial charge on any atom is 0.341 e. The third-order valence-corrected chi connectivity index (χ3v) is 4.34. The zero-order valence-electron chi connectivity index (χ0n) is 12.3. The number of aromatic nitrogens is 1. The number of carbonyl (C=O) groups is 1. The Morgan fingerprint density at radius 1 is 1.24 bits per heavy atom. The fourth-order valence-electron chi connectivity index (χ4n) is 3.16. The Bertz CT molecular complexity index is 524. The van der Waals surface area contributed by atoms with Gasteiger partial charge in [-0.15, -0.1) is 0 Å². The van der Waals surface area contributed by atoms with Gasteiger partial charge in [0.1, 0.15) is 12.2 Å². The first-order chi connectivity index (χ1) is 10.2. The van der Waals surface area contributed by atoms with Gasteiger partial charge in [0.2, 0.25) is 5.88 Å². The fraction of sp³-hybridized carbons (Fsp3) is 0.625. The number of fused-ring (bicyclic) bond motifs is 1. The van der Waals surface area contributed by atoms with Crippen molar-refractivity contribution in [1.82, 2.24) is 9.88 Å². The van der Waals surface area contributed by atoms with E-state index in [1.807, 2.05) is 0 Å². The van der Waals surface area contributed by atoms with Crippen LogP contribution in [-0.4, -0.2) is 47.2 Å². The number of likely N-dealkylation sites (tertiary alicyclic amines) is 1. The van der Waals surface area contributed by atoms with Crippen molar-refractivity contribution in [2.75, 3.05) is 26.2 Å². The maximum absolute atomic E-state index is 11.4. The first kappa shape index (κ1) is 14.3. The molecular weight excluding hydrogens is 268 g/mol. The molecule has 21 heavy (non-hydrogen) atoms. The number of ether oxygens (including phenoxy) is 1. The Labute approximate surface area is 124 Å². The molecule has 0 saturated carbocycles. The van der Waals surface area contributed by atoms with Crippen LogP contribution in [0.1, 0.15) is 47.3 Å². The van der Waals surface area contributed by atoms with Gasteiger partial charge >= 0.3 is 5.97 Å². The van der Waals surface area contributed by atoms with Crippen molar-refractivity contribution in [3.05, 3.63) is 22.9 Å². The zero-order valence-corrected chi connectivity index (χ0v) is 12.3. The molecule has 1 N–H and O–H groups in total. The van der Waals surface area contributed by atoms with E-state index < -0.39 is 5.97 Å². The summed E-state index contributed by atoms with van der Waals surface area (Å²) in [5.74, 6) is -0.658. The monoisotopic (exact) mass is 290 g/mol. The SMILES string of the molecule is O=C(O)c1cc2c(nc1OCCN1CCCC1)CCCC2. The van der Waals surface area contributed by atoms with Crippen LogP contribution in [0.15, 0.2) is 6.07 Å². The van der Waals surface area contributed by atoms with Gasteiger partial charge in [0.25, 0.3) is 0 Å². The summed E-state index contributed by atoms with van der Waals surface area (Å²) in [6.07, 6.45) is 6.59. The van der Waals surface area contributed by atoms with E-state index >= 15 is 0 Å². The normalized spacial score (nSPS) is 18.5. The van der Waals surface area contributed by atoms with Gasteiger partial charge < -0.3 is 9.84 Å². The molecule has 1 aliphatic carbocycles. The number of carboxylic acid groups (broad SMARTS) is 1. The highest BCUT2D eigenvalue weighted by atomic mass is 16.5. The van der Waals surface area contributed by atoms with Crippen molar-refractivity contribution in [2.45, 2.75) is 38.5 Å². The van der Waals surface area contributed by atoms with Gasteiger partial charge in [-0.05, 0) is 63.2 Å². The summed E-state index contributed by atoms with van der Waals surface area (Å²) in [6.45, 7) is 3.59. The number of aryl methyl sites for hydroxylation is 2. The number of pyridine rings is 1. The molecule has 1 aromatic heterocycles. The molecule has 5 nitrogen and oxygen atoms in total. The minimum atomic E-state index is -0.952. The van der Waals surface area contributed by atoms with E-state index in [0.29, 0.717) is 12.5 Å². The molecule has 0 aromatic carbocycles. The van der Waals surface area contributed by atoms with Gasteiger partial charge in [0.15, 0.2) is 0 Å². The lowest BCUT2D eigenvalue weighted by atomic mass is 9.95. The maximum atomic E-state index is 11.4. The van der Waals surface area contributed by atoms with E-state index in [9.17, 15) is 9.90 Å². The van der Waals surface area contributed by atoms with Crippen LogP contribution in [0.5, 0.6) is 5.88 Å². The van der Waals surface area contributed by atoms with E-state index in [4.69, 9.17) is 4.74 Å². The van der Waals surface area contributed by atoms with E-state index in [1.54, 1.807) is 6.07 Å². The van der Waals surface area contributed by atoms with Crippen molar-refractivity contribution < 1.29 is 14.6 Å². The third kappa shape index (κ3) is 3.35. The average Bonchev–Trinajstić information content (AvgIpc) is 2.99.